The zero-order chi connectivity index (χ0) is 18.5. The zero-order valence-corrected chi connectivity index (χ0v) is 17.0. The fourth-order valence-electron chi connectivity index (χ4n) is 3.19. The first kappa shape index (κ1) is 19.5. The summed E-state index contributed by atoms with van der Waals surface area (Å²) >= 11 is 9.66. The number of nitrogens with one attached hydrogen (secondary N) is 1. The van der Waals surface area contributed by atoms with E-state index in [-0.39, 0.29) is 12.4 Å². The summed E-state index contributed by atoms with van der Waals surface area (Å²) in [5, 5.41) is 3.94. The normalized spacial score (nSPS) is 14.6. The lowest BCUT2D eigenvalue weighted by atomic mass is 10.1. The molecule has 26 heavy (non-hydrogen) atoms. The van der Waals surface area contributed by atoms with Gasteiger partial charge in [-0.15, -0.1) is 0 Å². The van der Waals surface area contributed by atoms with Crippen molar-refractivity contribution in [3.05, 3.63) is 56.8 Å². The van der Waals surface area contributed by atoms with Gasteiger partial charge in [-0.05, 0) is 42.7 Å². The highest BCUT2D eigenvalue weighted by Crippen LogP contribution is 2.35. The Kier molecular flexibility index (Phi) is 6.79. The van der Waals surface area contributed by atoms with Crippen molar-refractivity contribution in [2.45, 2.75) is 44.9 Å². The minimum absolute atomic E-state index is 0.0357. The summed E-state index contributed by atoms with van der Waals surface area (Å²) in [6.07, 6.45) is 5.07. The molecule has 2 aromatic rings. The van der Waals surface area contributed by atoms with Crippen molar-refractivity contribution in [2.75, 3.05) is 7.11 Å². The van der Waals surface area contributed by atoms with Crippen molar-refractivity contribution < 1.29 is 13.9 Å². The molecule has 0 aliphatic heterocycles. The van der Waals surface area contributed by atoms with E-state index in [0.29, 0.717) is 28.1 Å². The quantitative estimate of drug-likeness (QED) is 0.582. The molecule has 0 radical (unpaired) electrons. The Morgan fingerprint density at radius 3 is 2.69 bits per heavy atom. The van der Waals surface area contributed by atoms with Gasteiger partial charge in [0, 0.05) is 22.6 Å². The molecule has 0 amide bonds. The molecule has 0 saturated heterocycles. The zero-order valence-electron chi connectivity index (χ0n) is 14.7. The molecule has 1 fully saturated rings. The average Bonchev–Trinajstić information content (AvgIpc) is 3.14. The Labute approximate surface area is 167 Å². The summed E-state index contributed by atoms with van der Waals surface area (Å²) in [6.45, 7) is 0.801. The highest BCUT2D eigenvalue weighted by atomic mass is 79.9. The molecular weight excluding hydrogens is 421 g/mol. The first-order valence-electron chi connectivity index (χ1n) is 8.74. The predicted octanol–water partition coefficient (Wildman–Crippen LogP) is 5.86. The minimum Gasteiger partial charge on any atom is -0.493 e. The van der Waals surface area contributed by atoms with Crippen molar-refractivity contribution in [3.8, 4) is 11.5 Å². The predicted molar refractivity (Wildman–Crippen MR) is 106 cm³/mol. The third kappa shape index (κ3) is 4.70. The Balaban J connectivity index is 1.71. The van der Waals surface area contributed by atoms with Crippen LogP contribution in [0.25, 0.3) is 0 Å². The minimum atomic E-state index is -0.382. The summed E-state index contributed by atoms with van der Waals surface area (Å²) in [5.74, 6) is 0.778. The lowest BCUT2D eigenvalue weighted by Crippen LogP contribution is -2.25. The van der Waals surface area contributed by atoms with Gasteiger partial charge in [0.2, 0.25) is 0 Å². The Bertz CT molecular complexity index is 745. The third-order valence-corrected chi connectivity index (χ3v) is 5.80. The highest BCUT2D eigenvalue weighted by molar-refractivity contribution is 9.10. The maximum atomic E-state index is 13.9. The summed E-state index contributed by atoms with van der Waals surface area (Å²) < 4.78 is 26.1. The Hall–Kier alpha value is -1.30. The van der Waals surface area contributed by atoms with E-state index >= 15 is 0 Å². The van der Waals surface area contributed by atoms with Gasteiger partial charge in [0.25, 0.3) is 0 Å². The molecule has 0 heterocycles. The van der Waals surface area contributed by atoms with E-state index in [1.165, 1.54) is 31.7 Å². The molecule has 0 unspecified atom stereocenters. The Morgan fingerprint density at radius 2 is 2.00 bits per heavy atom. The molecule has 0 spiro atoms. The number of ether oxygens (including phenoxy) is 2. The van der Waals surface area contributed by atoms with E-state index in [0.717, 1.165) is 16.6 Å². The van der Waals surface area contributed by atoms with E-state index in [9.17, 15) is 4.39 Å². The van der Waals surface area contributed by atoms with E-state index < -0.39 is 0 Å². The second-order valence-corrected chi connectivity index (χ2v) is 7.71. The van der Waals surface area contributed by atoms with Crippen LogP contribution in [0.5, 0.6) is 11.5 Å². The monoisotopic (exact) mass is 441 g/mol. The van der Waals surface area contributed by atoms with Crippen LogP contribution >= 0.6 is 27.5 Å². The molecule has 140 valence electrons. The molecule has 3 rings (SSSR count). The largest absolute Gasteiger partial charge is 0.493 e. The van der Waals surface area contributed by atoms with Crippen molar-refractivity contribution in [3.63, 3.8) is 0 Å². The topological polar surface area (TPSA) is 30.5 Å². The maximum absolute atomic E-state index is 13.9. The number of methoxy groups -OCH3 is 1. The van der Waals surface area contributed by atoms with E-state index in [4.69, 9.17) is 21.1 Å². The second-order valence-electron chi connectivity index (χ2n) is 6.45. The van der Waals surface area contributed by atoms with Gasteiger partial charge >= 0.3 is 0 Å². The fourth-order valence-corrected chi connectivity index (χ4v) is 3.87. The molecule has 0 bridgehead atoms. The fraction of sp³-hybridized carbons (Fsp3) is 0.400. The van der Waals surface area contributed by atoms with Gasteiger partial charge in [-0.25, -0.2) is 4.39 Å². The number of benzene rings is 2. The summed E-state index contributed by atoms with van der Waals surface area (Å²) in [5.41, 5.74) is 1.43. The van der Waals surface area contributed by atoms with Crippen molar-refractivity contribution in [1.29, 1.82) is 0 Å². The molecule has 0 atom stereocenters. The van der Waals surface area contributed by atoms with E-state index in [2.05, 4.69) is 21.2 Å². The first-order chi connectivity index (χ1) is 12.6. The average molecular weight is 443 g/mol. The number of hydrogen-bond donors (Lipinski definition) is 1. The molecule has 2 aromatic carbocycles. The molecule has 1 N–H and O–H groups in total. The van der Waals surface area contributed by atoms with Crippen LogP contribution in [0.3, 0.4) is 0 Å². The van der Waals surface area contributed by atoms with Crippen LogP contribution in [0, 0.1) is 5.82 Å². The molecule has 3 nitrogen and oxygen atoms in total. The maximum Gasteiger partial charge on any atom is 0.162 e. The van der Waals surface area contributed by atoms with Crippen LogP contribution in [-0.4, -0.2) is 13.2 Å². The summed E-state index contributed by atoms with van der Waals surface area (Å²) in [6, 6.07) is 8.99. The van der Waals surface area contributed by atoms with Crippen LogP contribution in [0.1, 0.15) is 36.8 Å². The van der Waals surface area contributed by atoms with Crippen LogP contribution in [0.4, 0.5) is 4.39 Å². The van der Waals surface area contributed by atoms with Gasteiger partial charge in [-0.2, -0.15) is 0 Å². The molecule has 6 heteroatoms. The molecule has 0 aromatic heterocycles. The number of hydrogen-bond acceptors (Lipinski definition) is 3. The van der Waals surface area contributed by atoms with Crippen LogP contribution < -0.4 is 14.8 Å². The van der Waals surface area contributed by atoms with Gasteiger partial charge in [0.1, 0.15) is 12.4 Å². The summed E-state index contributed by atoms with van der Waals surface area (Å²) in [7, 11) is 1.60. The lowest BCUT2D eigenvalue weighted by Gasteiger charge is -2.17. The SMILES string of the molecule is COc1cc(CNC2CCCC2)c(Br)cc1OCc1c(F)cccc1Cl. The molecule has 1 aliphatic rings. The third-order valence-electron chi connectivity index (χ3n) is 4.70. The van der Waals surface area contributed by atoms with Crippen LogP contribution in [0.15, 0.2) is 34.8 Å². The highest BCUT2D eigenvalue weighted by Gasteiger charge is 2.16. The van der Waals surface area contributed by atoms with Gasteiger partial charge in [0.05, 0.1) is 12.1 Å². The smallest absolute Gasteiger partial charge is 0.162 e. The van der Waals surface area contributed by atoms with E-state index in [1.54, 1.807) is 19.2 Å². The van der Waals surface area contributed by atoms with Crippen LogP contribution in [-0.2, 0) is 13.2 Å². The van der Waals surface area contributed by atoms with Gasteiger partial charge in [0.15, 0.2) is 11.5 Å². The standard InChI is InChI=1S/C20H22BrClFNO2/c1-25-19-9-13(11-24-14-5-2-3-6-14)16(21)10-20(19)26-12-15-17(22)7-4-8-18(15)23/h4,7-10,14,24H,2-3,5-6,11-12H2,1H3. The molecular formula is C20H22BrClFNO2. The Morgan fingerprint density at radius 1 is 1.23 bits per heavy atom. The molecule has 1 saturated carbocycles. The van der Waals surface area contributed by atoms with E-state index in [1.807, 2.05) is 12.1 Å². The number of rotatable bonds is 7. The van der Waals surface area contributed by atoms with Crippen LogP contribution in [0.2, 0.25) is 5.02 Å². The van der Waals surface area contributed by atoms with Crippen molar-refractivity contribution >= 4 is 27.5 Å². The van der Waals surface area contributed by atoms with Gasteiger partial charge in [-0.1, -0.05) is 46.4 Å². The first-order valence-corrected chi connectivity index (χ1v) is 9.91. The number of halogens is 3. The van der Waals surface area contributed by atoms with Gasteiger partial charge in [-0.3, -0.25) is 0 Å². The molecule has 1 aliphatic carbocycles. The van der Waals surface area contributed by atoms with Crippen molar-refractivity contribution in [1.82, 2.24) is 5.32 Å². The summed E-state index contributed by atoms with van der Waals surface area (Å²) in [4.78, 5) is 0. The van der Waals surface area contributed by atoms with Gasteiger partial charge < -0.3 is 14.8 Å². The van der Waals surface area contributed by atoms with Crippen molar-refractivity contribution in [2.24, 2.45) is 0 Å². The second kappa shape index (κ2) is 9.07. The lowest BCUT2D eigenvalue weighted by molar-refractivity contribution is 0.279.